The second-order valence-corrected chi connectivity index (χ2v) is 7.22. The van der Waals surface area contributed by atoms with Gasteiger partial charge in [0.25, 0.3) is 5.91 Å². The number of nitrogens with one attached hydrogen (secondary N) is 1. The molecule has 8 heteroatoms. The summed E-state index contributed by atoms with van der Waals surface area (Å²) in [5.74, 6) is -3.13. The number of amides is 1. The summed E-state index contributed by atoms with van der Waals surface area (Å²) in [5, 5.41) is 12.1. The van der Waals surface area contributed by atoms with E-state index in [0.717, 1.165) is 18.2 Å². The minimum atomic E-state index is -1.04. The van der Waals surface area contributed by atoms with Crippen LogP contribution in [0.25, 0.3) is 0 Å². The first-order valence-electron chi connectivity index (χ1n) is 9.25. The third-order valence-corrected chi connectivity index (χ3v) is 4.83. The molecule has 3 aromatic carbocycles. The smallest absolute Gasteiger partial charge is 0.335 e. The number of ether oxygens (including phenoxy) is 1. The number of aromatic carboxylic acids is 1. The van der Waals surface area contributed by atoms with Crippen LogP contribution in [0.1, 0.15) is 44.8 Å². The second kappa shape index (κ2) is 9.57. The van der Waals surface area contributed by atoms with Gasteiger partial charge in [0.1, 0.15) is 12.4 Å². The summed E-state index contributed by atoms with van der Waals surface area (Å²) in [7, 11) is 0. The Kier molecular flexibility index (Phi) is 6.87. The summed E-state index contributed by atoms with van der Waals surface area (Å²) in [4.78, 5) is 23.8. The predicted octanol–water partition coefficient (Wildman–Crippen LogP) is 5.39. The maximum absolute atomic E-state index is 13.8. The third kappa shape index (κ3) is 5.58. The second-order valence-electron chi connectivity index (χ2n) is 6.79. The molecule has 0 radical (unpaired) electrons. The number of hydrogen-bond donors (Lipinski definition) is 2. The number of carboxylic acids is 1. The van der Waals surface area contributed by atoms with Gasteiger partial charge in [0.2, 0.25) is 0 Å². The van der Waals surface area contributed by atoms with Gasteiger partial charge in [-0.05, 0) is 48.9 Å². The Morgan fingerprint density at radius 1 is 1.06 bits per heavy atom. The first-order valence-corrected chi connectivity index (χ1v) is 9.63. The summed E-state index contributed by atoms with van der Waals surface area (Å²) in [6.07, 6.45) is 0. The van der Waals surface area contributed by atoms with Gasteiger partial charge in [0, 0.05) is 22.2 Å². The minimum Gasteiger partial charge on any atom is -0.486 e. The Morgan fingerprint density at radius 2 is 1.77 bits per heavy atom. The van der Waals surface area contributed by atoms with E-state index in [9.17, 15) is 18.4 Å². The number of carbonyl (C=O) groups excluding carboxylic acids is 1. The molecule has 0 aliphatic rings. The van der Waals surface area contributed by atoms with Crippen LogP contribution < -0.4 is 10.1 Å². The van der Waals surface area contributed by atoms with E-state index in [-0.39, 0.29) is 23.5 Å². The van der Waals surface area contributed by atoms with E-state index < -0.39 is 29.6 Å². The van der Waals surface area contributed by atoms with Crippen molar-refractivity contribution in [1.29, 1.82) is 0 Å². The molecule has 3 aromatic rings. The summed E-state index contributed by atoms with van der Waals surface area (Å²) < 4.78 is 32.5. The number of halogens is 3. The van der Waals surface area contributed by atoms with E-state index >= 15 is 0 Å². The topological polar surface area (TPSA) is 75.6 Å². The molecule has 2 N–H and O–H groups in total. The third-order valence-electron chi connectivity index (χ3n) is 4.60. The van der Waals surface area contributed by atoms with E-state index in [1.165, 1.54) is 18.2 Å². The van der Waals surface area contributed by atoms with Crippen LogP contribution in [0.15, 0.2) is 60.7 Å². The van der Waals surface area contributed by atoms with Crippen LogP contribution in [0.5, 0.6) is 5.75 Å². The first-order chi connectivity index (χ1) is 14.7. The average molecular weight is 446 g/mol. The lowest BCUT2D eigenvalue weighted by atomic mass is 10.0. The van der Waals surface area contributed by atoms with Crippen molar-refractivity contribution < 1.29 is 28.2 Å². The maximum atomic E-state index is 13.8. The number of hydrogen-bond acceptors (Lipinski definition) is 3. The number of carboxylic acid groups (broad SMARTS) is 1. The van der Waals surface area contributed by atoms with Crippen molar-refractivity contribution >= 4 is 23.5 Å². The fourth-order valence-electron chi connectivity index (χ4n) is 2.90. The van der Waals surface area contributed by atoms with Crippen molar-refractivity contribution in [2.24, 2.45) is 0 Å². The van der Waals surface area contributed by atoms with Gasteiger partial charge in [-0.25, -0.2) is 13.6 Å². The van der Waals surface area contributed by atoms with E-state index in [1.54, 1.807) is 31.2 Å². The molecule has 0 heterocycles. The zero-order valence-corrected chi connectivity index (χ0v) is 17.1. The molecular formula is C23H18ClF2NO4. The van der Waals surface area contributed by atoms with Gasteiger partial charge in [-0.15, -0.1) is 0 Å². The van der Waals surface area contributed by atoms with Crippen LogP contribution in [0.4, 0.5) is 8.78 Å². The molecule has 0 saturated heterocycles. The average Bonchev–Trinajstić information content (AvgIpc) is 2.75. The van der Waals surface area contributed by atoms with Gasteiger partial charge in [-0.1, -0.05) is 29.8 Å². The highest BCUT2D eigenvalue weighted by atomic mass is 35.5. The zero-order chi connectivity index (χ0) is 22.5. The van der Waals surface area contributed by atoms with Gasteiger partial charge in [0.05, 0.1) is 11.6 Å². The summed E-state index contributed by atoms with van der Waals surface area (Å²) in [6, 6.07) is 13.2. The Balaban J connectivity index is 1.76. The molecule has 31 heavy (non-hydrogen) atoms. The molecule has 1 atom stereocenters. The van der Waals surface area contributed by atoms with Crippen molar-refractivity contribution in [1.82, 2.24) is 5.32 Å². The monoisotopic (exact) mass is 445 g/mol. The van der Waals surface area contributed by atoms with E-state index in [4.69, 9.17) is 21.4 Å². The van der Waals surface area contributed by atoms with Gasteiger partial charge >= 0.3 is 5.97 Å². The van der Waals surface area contributed by atoms with Crippen LogP contribution >= 0.6 is 11.6 Å². The van der Waals surface area contributed by atoms with Gasteiger partial charge in [0.15, 0.2) is 11.6 Å². The fourth-order valence-corrected chi connectivity index (χ4v) is 3.07. The zero-order valence-electron chi connectivity index (χ0n) is 16.4. The van der Waals surface area contributed by atoms with Crippen molar-refractivity contribution in [3.8, 4) is 5.75 Å². The maximum Gasteiger partial charge on any atom is 0.335 e. The Labute approximate surface area is 182 Å². The van der Waals surface area contributed by atoms with E-state index in [0.29, 0.717) is 16.1 Å². The number of carbonyl (C=O) groups is 2. The van der Waals surface area contributed by atoms with Gasteiger partial charge in [-0.3, -0.25) is 4.79 Å². The van der Waals surface area contributed by atoms with Crippen LogP contribution in [0, 0.1) is 11.6 Å². The molecule has 0 aliphatic carbocycles. The summed E-state index contributed by atoms with van der Waals surface area (Å²) in [6.45, 7) is 1.57. The normalized spacial score (nSPS) is 11.6. The van der Waals surface area contributed by atoms with E-state index in [2.05, 4.69) is 5.32 Å². The van der Waals surface area contributed by atoms with Crippen molar-refractivity contribution in [2.75, 3.05) is 0 Å². The standard InChI is InChI=1S/C23H18ClF2NO4/c1-13(14-2-4-15(5-3-14)23(29)30)27-22(28)19-10-17(24)7-6-16(19)12-31-21-11-18(25)8-9-20(21)26/h2-11,13H,12H2,1H3,(H,27,28)(H,29,30)/t13-/m0/s1. The lowest BCUT2D eigenvalue weighted by Gasteiger charge is -2.17. The summed E-state index contributed by atoms with van der Waals surface area (Å²) >= 11 is 6.04. The van der Waals surface area contributed by atoms with Crippen molar-refractivity contribution in [3.63, 3.8) is 0 Å². The Morgan fingerprint density at radius 3 is 2.45 bits per heavy atom. The molecule has 0 aromatic heterocycles. The molecular weight excluding hydrogens is 428 g/mol. The highest BCUT2D eigenvalue weighted by Gasteiger charge is 2.17. The van der Waals surface area contributed by atoms with Crippen molar-refractivity contribution in [3.05, 3.63) is 99.6 Å². The predicted molar refractivity (Wildman–Crippen MR) is 111 cm³/mol. The minimum absolute atomic E-state index is 0.140. The largest absolute Gasteiger partial charge is 0.486 e. The van der Waals surface area contributed by atoms with Gasteiger partial charge < -0.3 is 15.2 Å². The van der Waals surface area contributed by atoms with E-state index in [1.807, 2.05) is 0 Å². The molecule has 1 amide bonds. The number of rotatable bonds is 7. The molecule has 0 saturated carbocycles. The molecule has 160 valence electrons. The molecule has 5 nitrogen and oxygen atoms in total. The Bertz CT molecular complexity index is 1120. The molecule has 3 rings (SSSR count). The van der Waals surface area contributed by atoms with Crippen LogP contribution in [-0.2, 0) is 6.61 Å². The molecule has 0 aliphatic heterocycles. The van der Waals surface area contributed by atoms with Gasteiger partial charge in [-0.2, -0.15) is 0 Å². The lowest BCUT2D eigenvalue weighted by Crippen LogP contribution is -2.27. The molecule has 0 fully saturated rings. The fraction of sp³-hybridized carbons (Fsp3) is 0.130. The number of benzene rings is 3. The highest BCUT2D eigenvalue weighted by Crippen LogP contribution is 2.23. The SMILES string of the molecule is C[C@H](NC(=O)c1cc(Cl)ccc1COc1cc(F)ccc1F)c1ccc(C(=O)O)cc1. The van der Waals surface area contributed by atoms with Crippen molar-refractivity contribution in [2.45, 2.75) is 19.6 Å². The van der Waals surface area contributed by atoms with Crippen LogP contribution in [0.3, 0.4) is 0 Å². The molecule has 0 spiro atoms. The Hall–Kier alpha value is -3.45. The van der Waals surface area contributed by atoms with Crippen LogP contribution in [-0.4, -0.2) is 17.0 Å². The lowest BCUT2D eigenvalue weighted by molar-refractivity contribution is 0.0696. The van der Waals surface area contributed by atoms with Crippen LogP contribution in [0.2, 0.25) is 5.02 Å². The molecule has 0 bridgehead atoms. The molecule has 0 unspecified atom stereocenters. The summed E-state index contributed by atoms with van der Waals surface area (Å²) in [5.41, 5.74) is 1.50. The quantitative estimate of drug-likeness (QED) is 0.511. The highest BCUT2D eigenvalue weighted by molar-refractivity contribution is 6.31. The first kappa shape index (κ1) is 22.2.